The van der Waals surface area contributed by atoms with Crippen molar-refractivity contribution in [1.29, 1.82) is 0 Å². The maximum absolute atomic E-state index is 6.02. The number of nitrogens with two attached hydrogens (primary N) is 1. The Bertz CT molecular complexity index is 421. The molecule has 1 aromatic carbocycles. The van der Waals surface area contributed by atoms with Crippen molar-refractivity contribution in [3.8, 4) is 5.75 Å². The third-order valence-electron chi connectivity index (χ3n) is 4.37. The van der Waals surface area contributed by atoms with Gasteiger partial charge in [0.2, 0.25) is 0 Å². The van der Waals surface area contributed by atoms with Crippen LogP contribution in [0.3, 0.4) is 0 Å². The van der Waals surface area contributed by atoms with E-state index in [1.807, 2.05) is 19.1 Å². The van der Waals surface area contributed by atoms with E-state index in [1.54, 1.807) is 0 Å². The molecule has 2 atom stereocenters. The Hall–Kier alpha value is -1.10. The number of nitrogens with zero attached hydrogens (tertiary/aromatic N) is 2. The van der Waals surface area contributed by atoms with Gasteiger partial charge in [0, 0.05) is 25.7 Å². The Morgan fingerprint density at radius 3 is 2.62 bits per heavy atom. The molecule has 1 fully saturated rings. The molecule has 2 rings (SSSR count). The molecule has 1 aromatic rings. The van der Waals surface area contributed by atoms with Gasteiger partial charge in [0.25, 0.3) is 0 Å². The fourth-order valence-corrected chi connectivity index (χ4v) is 3.23. The van der Waals surface area contributed by atoms with E-state index in [9.17, 15) is 0 Å². The summed E-state index contributed by atoms with van der Waals surface area (Å²) in [6.45, 7) is 6.88. The van der Waals surface area contributed by atoms with Crippen LogP contribution in [0.25, 0.3) is 0 Å². The van der Waals surface area contributed by atoms with E-state index in [0.717, 1.165) is 18.2 Å². The van der Waals surface area contributed by atoms with E-state index in [-0.39, 0.29) is 6.04 Å². The van der Waals surface area contributed by atoms with Crippen LogP contribution >= 0.6 is 0 Å². The van der Waals surface area contributed by atoms with E-state index in [4.69, 9.17) is 10.5 Å². The van der Waals surface area contributed by atoms with E-state index in [1.165, 1.54) is 25.1 Å². The number of benzene rings is 1. The topological polar surface area (TPSA) is 41.7 Å². The minimum atomic E-state index is 0.284. The SMILES string of the molecule is CCOc1ccc(C(CN)N(C)CC2CCN(C)C2)cc1. The number of rotatable bonds is 7. The first-order chi connectivity index (χ1) is 10.1. The summed E-state index contributed by atoms with van der Waals surface area (Å²) in [5.74, 6) is 1.69. The zero-order valence-electron chi connectivity index (χ0n) is 13.6. The van der Waals surface area contributed by atoms with Crippen LogP contribution in [0, 0.1) is 5.92 Å². The molecule has 0 aliphatic carbocycles. The predicted molar refractivity (Wildman–Crippen MR) is 87.6 cm³/mol. The summed E-state index contributed by atoms with van der Waals surface area (Å²) in [6, 6.07) is 8.64. The number of hydrogen-bond acceptors (Lipinski definition) is 4. The highest BCUT2D eigenvalue weighted by atomic mass is 16.5. The average molecular weight is 291 g/mol. The summed E-state index contributed by atoms with van der Waals surface area (Å²) >= 11 is 0. The van der Waals surface area contributed by atoms with Crippen LogP contribution in [0.4, 0.5) is 0 Å². The lowest BCUT2D eigenvalue weighted by molar-refractivity contribution is 0.211. The fraction of sp³-hybridized carbons (Fsp3) is 0.647. The lowest BCUT2D eigenvalue weighted by Crippen LogP contribution is -2.35. The normalized spacial score (nSPS) is 20.9. The Morgan fingerprint density at radius 2 is 2.10 bits per heavy atom. The smallest absolute Gasteiger partial charge is 0.119 e. The second-order valence-corrected chi connectivity index (χ2v) is 6.11. The first-order valence-corrected chi connectivity index (χ1v) is 7.95. The molecule has 0 saturated carbocycles. The molecule has 0 spiro atoms. The molecule has 0 bridgehead atoms. The van der Waals surface area contributed by atoms with Gasteiger partial charge in [0.05, 0.1) is 6.61 Å². The standard InChI is InChI=1S/C17H29N3O/c1-4-21-16-7-5-15(6-8-16)17(11-18)20(3)13-14-9-10-19(2)12-14/h5-8,14,17H,4,9-13,18H2,1-3H3. The quantitative estimate of drug-likeness (QED) is 0.834. The summed E-state index contributed by atoms with van der Waals surface area (Å²) in [4.78, 5) is 4.81. The number of likely N-dealkylation sites (tertiary alicyclic amines) is 1. The van der Waals surface area contributed by atoms with Crippen molar-refractivity contribution in [2.45, 2.75) is 19.4 Å². The van der Waals surface area contributed by atoms with Crippen molar-refractivity contribution in [3.05, 3.63) is 29.8 Å². The molecule has 1 saturated heterocycles. The lowest BCUT2D eigenvalue weighted by atomic mass is 10.0. The molecule has 118 valence electrons. The number of ether oxygens (including phenoxy) is 1. The zero-order valence-corrected chi connectivity index (χ0v) is 13.6. The molecule has 0 aromatic heterocycles. The Labute approximate surface area is 128 Å². The van der Waals surface area contributed by atoms with Crippen LogP contribution in [0.1, 0.15) is 24.9 Å². The van der Waals surface area contributed by atoms with Crippen molar-refractivity contribution in [3.63, 3.8) is 0 Å². The molecular formula is C17H29N3O. The van der Waals surface area contributed by atoms with Crippen molar-refractivity contribution < 1.29 is 4.74 Å². The third kappa shape index (κ3) is 4.43. The summed E-state index contributed by atoms with van der Waals surface area (Å²) in [7, 11) is 4.39. The molecule has 21 heavy (non-hydrogen) atoms. The maximum atomic E-state index is 6.02. The van der Waals surface area contributed by atoms with Crippen LogP contribution in [0.2, 0.25) is 0 Å². The first kappa shape index (κ1) is 16.3. The molecule has 4 nitrogen and oxygen atoms in total. The summed E-state index contributed by atoms with van der Waals surface area (Å²) in [5.41, 5.74) is 7.29. The monoisotopic (exact) mass is 291 g/mol. The van der Waals surface area contributed by atoms with E-state index >= 15 is 0 Å². The molecule has 2 unspecified atom stereocenters. The molecule has 1 heterocycles. The van der Waals surface area contributed by atoms with Crippen LogP contribution in [0.15, 0.2) is 24.3 Å². The minimum Gasteiger partial charge on any atom is -0.494 e. The summed E-state index contributed by atoms with van der Waals surface area (Å²) in [6.07, 6.45) is 1.29. The highest BCUT2D eigenvalue weighted by Crippen LogP contribution is 2.24. The molecule has 4 heteroatoms. The summed E-state index contributed by atoms with van der Waals surface area (Å²) < 4.78 is 5.50. The Morgan fingerprint density at radius 1 is 1.38 bits per heavy atom. The molecule has 2 N–H and O–H groups in total. The molecule has 1 aliphatic heterocycles. The number of likely N-dealkylation sites (N-methyl/N-ethyl adjacent to an activating group) is 1. The Balaban J connectivity index is 1.97. The van der Waals surface area contributed by atoms with Gasteiger partial charge in [-0.2, -0.15) is 0 Å². The average Bonchev–Trinajstić information content (AvgIpc) is 2.87. The minimum absolute atomic E-state index is 0.284. The van der Waals surface area contributed by atoms with E-state index in [0.29, 0.717) is 13.2 Å². The zero-order chi connectivity index (χ0) is 15.2. The lowest BCUT2D eigenvalue weighted by Gasteiger charge is -2.29. The predicted octanol–water partition coefficient (Wildman–Crippen LogP) is 1.97. The second-order valence-electron chi connectivity index (χ2n) is 6.11. The first-order valence-electron chi connectivity index (χ1n) is 7.95. The molecule has 1 aliphatic rings. The van der Waals surface area contributed by atoms with Crippen LogP contribution < -0.4 is 10.5 Å². The second kappa shape index (κ2) is 7.78. The fourth-order valence-electron chi connectivity index (χ4n) is 3.23. The van der Waals surface area contributed by atoms with E-state index in [2.05, 4.69) is 36.0 Å². The van der Waals surface area contributed by atoms with Crippen molar-refractivity contribution >= 4 is 0 Å². The van der Waals surface area contributed by atoms with Crippen molar-refractivity contribution in [1.82, 2.24) is 9.80 Å². The van der Waals surface area contributed by atoms with Gasteiger partial charge in [-0.25, -0.2) is 0 Å². The van der Waals surface area contributed by atoms with Gasteiger partial charge in [-0.05, 0) is 57.6 Å². The van der Waals surface area contributed by atoms with Gasteiger partial charge in [0.1, 0.15) is 5.75 Å². The highest BCUT2D eigenvalue weighted by molar-refractivity contribution is 5.29. The maximum Gasteiger partial charge on any atom is 0.119 e. The summed E-state index contributed by atoms with van der Waals surface area (Å²) in [5, 5.41) is 0. The van der Waals surface area contributed by atoms with Crippen LogP contribution in [0.5, 0.6) is 5.75 Å². The van der Waals surface area contributed by atoms with Gasteiger partial charge in [-0.15, -0.1) is 0 Å². The Kier molecular flexibility index (Phi) is 6.03. The molecule has 0 radical (unpaired) electrons. The van der Waals surface area contributed by atoms with Gasteiger partial charge in [-0.1, -0.05) is 12.1 Å². The van der Waals surface area contributed by atoms with Crippen LogP contribution in [-0.2, 0) is 0 Å². The van der Waals surface area contributed by atoms with Crippen molar-refractivity contribution in [2.75, 3.05) is 46.9 Å². The third-order valence-corrected chi connectivity index (χ3v) is 4.37. The van der Waals surface area contributed by atoms with Gasteiger partial charge >= 0.3 is 0 Å². The van der Waals surface area contributed by atoms with Gasteiger partial charge < -0.3 is 15.4 Å². The molecular weight excluding hydrogens is 262 g/mol. The molecule has 0 amide bonds. The van der Waals surface area contributed by atoms with E-state index < -0.39 is 0 Å². The highest BCUT2D eigenvalue weighted by Gasteiger charge is 2.24. The van der Waals surface area contributed by atoms with Crippen LogP contribution in [-0.4, -0.2) is 56.7 Å². The largest absolute Gasteiger partial charge is 0.494 e. The number of hydrogen-bond donors (Lipinski definition) is 1. The van der Waals surface area contributed by atoms with Crippen molar-refractivity contribution in [2.24, 2.45) is 11.7 Å². The van der Waals surface area contributed by atoms with Gasteiger partial charge in [-0.3, -0.25) is 4.90 Å². The van der Waals surface area contributed by atoms with Gasteiger partial charge in [0.15, 0.2) is 0 Å².